The number of aryl methyl sites for hydroxylation is 1. The Morgan fingerprint density at radius 3 is 2.50 bits per heavy atom. The minimum Gasteiger partial charge on any atom is -0.278 e. The van der Waals surface area contributed by atoms with Crippen LogP contribution in [-0.2, 0) is 4.79 Å². The zero-order chi connectivity index (χ0) is 12.5. The monoisotopic (exact) mass is 236 g/mol. The van der Waals surface area contributed by atoms with Gasteiger partial charge in [-0.15, -0.1) is 0 Å². The molecule has 0 atom stereocenters. The SMILES string of the molecule is Cc1ccc(-c2nc3ccccc3n2C=O)cc1. The molecule has 0 fully saturated rings. The lowest BCUT2D eigenvalue weighted by atomic mass is 10.1. The quantitative estimate of drug-likeness (QED) is 0.641. The minimum atomic E-state index is 0.686. The van der Waals surface area contributed by atoms with E-state index in [4.69, 9.17) is 0 Å². The van der Waals surface area contributed by atoms with E-state index in [0.29, 0.717) is 5.82 Å². The number of hydrogen-bond donors (Lipinski definition) is 0. The third-order valence-electron chi connectivity index (χ3n) is 3.01. The van der Waals surface area contributed by atoms with Gasteiger partial charge >= 0.3 is 0 Å². The van der Waals surface area contributed by atoms with Crippen molar-refractivity contribution in [1.29, 1.82) is 0 Å². The van der Waals surface area contributed by atoms with Gasteiger partial charge in [-0.2, -0.15) is 0 Å². The fraction of sp³-hybridized carbons (Fsp3) is 0.0667. The predicted octanol–water partition coefficient (Wildman–Crippen LogP) is 3.05. The highest BCUT2D eigenvalue weighted by Crippen LogP contribution is 2.23. The van der Waals surface area contributed by atoms with Gasteiger partial charge in [-0.05, 0) is 19.1 Å². The molecule has 0 saturated carbocycles. The molecule has 0 aliphatic carbocycles. The van der Waals surface area contributed by atoms with Crippen molar-refractivity contribution >= 4 is 17.4 Å². The van der Waals surface area contributed by atoms with Crippen molar-refractivity contribution < 1.29 is 4.79 Å². The van der Waals surface area contributed by atoms with Crippen LogP contribution in [0.4, 0.5) is 0 Å². The maximum absolute atomic E-state index is 11.3. The molecule has 0 unspecified atom stereocenters. The highest BCUT2D eigenvalue weighted by Gasteiger charge is 2.10. The van der Waals surface area contributed by atoms with Crippen molar-refractivity contribution in [2.45, 2.75) is 6.92 Å². The molecule has 0 aliphatic rings. The minimum absolute atomic E-state index is 0.686. The molecule has 0 amide bonds. The van der Waals surface area contributed by atoms with Crippen molar-refractivity contribution in [2.75, 3.05) is 0 Å². The summed E-state index contributed by atoms with van der Waals surface area (Å²) in [5.41, 5.74) is 3.81. The summed E-state index contributed by atoms with van der Waals surface area (Å²) in [6, 6.07) is 15.6. The number of carbonyl (C=O) groups is 1. The van der Waals surface area contributed by atoms with Gasteiger partial charge in [-0.25, -0.2) is 4.98 Å². The van der Waals surface area contributed by atoms with Crippen molar-refractivity contribution in [3.63, 3.8) is 0 Å². The summed E-state index contributed by atoms with van der Waals surface area (Å²) in [6.07, 6.45) is 0.810. The normalized spacial score (nSPS) is 10.7. The van der Waals surface area contributed by atoms with Crippen LogP contribution >= 0.6 is 0 Å². The van der Waals surface area contributed by atoms with Gasteiger partial charge < -0.3 is 0 Å². The fourth-order valence-corrected chi connectivity index (χ4v) is 2.06. The second-order valence-electron chi connectivity index (χ2n) is 4.27. The Morgan fingerprint density at radius 2 is 1.78 bits per heavy atom. The molecular weight excluding hydrogens is 224 g/mol. The van der Waals surface area contributed by atoms with Gasteiger partial charge in [0.15, 0.2) is 0 Å². The summed E-state index contributed by atoms with van der Waals surface area (Å²) >= 11 is 0. The van der Waals surface area contributed by atoms with Gasteiger partial charge in [0.1, 0.15) is 5.82 Å². The van der Waals surface area contributed by atoms with Gasteiger partial charge in [-0.1, -0.05) is 42.0 Å². The fourth-order valence-electron chi connectivity index (χ4n) is 2.06. The molecule has 0 bridgehead atoms. The van der Waals surface area contributed by atoms with Crippen LogP contribution in [0, 0.1) is 6.92 Å². The lowest BCUT2D eigenvalue weighted by molar-refractivity contribution is 0.549. The van der Waals surface area contributed by atoms with E-state index < -0.39 is 0 Å². The summed E-state index contributed by atoms with van der Waals surface area (Å²) in [5, 5.41) is 0. The Morgan fingerprint density at radius 1 is 1.06 bits per heavy atom. The largest absolute Gasteiger partial charge is 0.278 e. The van der Waals surface area contributed by atoms with Crippen LogP contribution in [0.5, 0.6) is 0 Å². The first kappa shape index (κ1) is 10.7. The van der Waals surface area contributed by atoms with Crippen LogP contribution in [0.2, 0.25) is 0 Å². The molecule has 88 valence electrons. The van der Waals surface area contributed by atoms with Crippen molar-refractivity contribution in [2.24, 2.45) is 0 Å². The number of rotatable bonds is 2. The number of fused-ring (bicyclic) bond motifs is 1. The Hall–Kier alpha value is -2.42. The Kier molecular flexibility index (Phi) is 2.45. The van der Waals surface area contributed by atoms with Crippen LogP contribution in [-0.4, -0.2) is 16.0 Å². The number of hydrogen-bond acceptors (Lipinski definition) is 2. The lowest BCUT2D eigenvalue weighted by Gasteiger charge is -2.01. The molecule has 0 N–H and O–H groups in total. The summed E-state index contributed by atoms with van der Waals surface area (Å²) in [7, 11) is 0. The smallest absolute Gasteiger partial charge is 0.219 e. The number of carbonyl (C=O) groups excluding carboxylic acids is 1. The standard InChI is InChI=1S/C15H12N2O/c1-11-6-8-12(9-7-11)15-16-13-4-2-3-5-14(13)17(15)10-18/h2-10H,1H3. The predicted molar refractivity (Wildman–Crippen MR) is 72.1 cm³/mol. The molecule has 0 spiro atoms. The third kappa shape index (κ3) is 1.61. The number of para-hydroxylation sites is 2. The van der Waals surface area contributed by atoms with E-state index in [1.165, 1.54) is 5.56 Å². The maximum atomic E-state index is 11.3. The molecule has 1 aromatic heterocycles. The van der Waals surface area contributed by atoms with Gasteiger partial charge in [-0.3, -0.25) is 9.36 Å². The van der Waals surface area contributed by atoms with Crippen LogP contribution in [0.15, 0.2) is 48.5 Å². The van der Waals surface area contributed by atoms with E-state index in [1.54, 1.807) is 4.57 Å². The van der Waals surface area contributed by atoms with E-state index in [-0.39, 0.29) is 0 Å². The van der Waals surface area contributed by atoms with Crippen molar-refractivity contribution in [3.05, 3.63) is 54.1 Å². The topological polar surface area (TPSA) is 34.9 Å². The summed E-state index contributed by atoms with van der Waals surface area (Å²) in [4.78, 5) is 15.8. The van der Waals surface area contributed by atoms with Crippen LogP contribution < -0.4 is 0 Å². The number of imidazole rings is 1. The molecular formula is C15H12N2O. The first-order valence-electron chi connectivity index (χ1n) is 5.79. The average Bonchev–Trinajstić information content (AvgIpc) is 2.78. The Labute approximate surface area is 105 Å². The Balaban J connectivity index is 2.28. The van der Waals surface area contributed by atoms with Gasteiger partial charge in [0.05, 0.1) is 11.0 Å². The molecule has 3 rings (SSSR count). The van der Waals surface area contributed by atoms with E-state index in [0.717, 1.165) is 23.0 Å². The van der Waals surface area contributed by atoms with E-state index in [9.17, 15) is 4.79 Å². The molecule has 3 heteroatoms. The van der Waals surface area contributed by atoms with Gasteiger partial charge in [0.25, 0.3) is 0 Å². The van der Waals surface area contributed by atoms with Crippen molar-refractivity contribution in [1.82, 2.24) is 9.55 Å². The summed E-state index contributed by atoms with van der Waals surface area (Å²) in [6.45, 7) is 2.03. The molecule has 0 aliphatic heterocycles. The molecule has 3 nitrogen and oxygen atoms in total. The number of aromatic nitrogens is 2. The van der Waals surface area contributed by atoms with Gasteiger partial charge in [0, 0.05) is 5.56 Å². The summed E-state index contributed by atoms with van der Waals surface area (Å²) in [5.74, 6) is 0.686. The molecule has 18 heavy (non-hydrogen) atoms. The molecule has 1 heterocycles. The summed E-state index contributed by atoms with van der Waals surface area (Å²) < 4.78 is 1.58. The zero-order valence-corrected chi connectivity index (χ0v) is 10.00. The van der Waals surface area contributed by atoms with Gasteiger partial charge in [0.2, 0.25) is 6.41 Å². The molecule has 3 aromatic rings. The highest BCUT2D eigenvalue weighted by atomic mass is 16.1. The van der Waals surface area contributed by atoms with Crippen LogP contribution in [0.3, 0.4) is 0 Å². The second-order valence-corrected chi connectivity index (χ2v) is 4.27. The molecule has 0 radical (unpaired) electrons. The van der Waals surface area contributed by atoms with E-state index in [1.807, 2.05) is 55.5 Å². The highest BCUT2D eigenvalue weighted by molar-refractivity contribution is 5.87. The van der Waals surface area contributed by atoms with Crippen molar-refractivity contribution in [3.8, 4) is 11.4 Å². The van der Waals surface area contributed by atoms with Crippen LogP contribution in [0.25, 0.3) is 22.4 Å². The lowest BCUT2D eigenvalue weighted by Crippen LogP contribution is -1.97. The Bertz CT molecular complexity index is 711. The third-order valence-corrected chi connectivity index (χ3v) is 3.01. The van der Waals surface area contributed by atoms with E-state index in [2.05, 4.69) is 4.98 Å². The maximum Gasteiger partial charge on any atom is 0.219 e. The molecule has 0 saturated heterocycles. The first-order valence-corrected chi connectivity index (χ1v) is 5.79. The van der Waals surface area contributed by atoms with E-state index >= 15 is 0 Å². The first-order chi connectivity index (χ1) is 8.79. The average molecular weight is 236 g/mol. The van der Waals surface area contributed by atoms with Crippen LogP contribution in [0.1, 0.15) is 5.56 Å². The zero-order valence-electron chi connectivity index (χ0n) is 10.00. The second kappa shape index (κ2) is 4.11. The number of nitrogens with zero attached hydrogens (tertiary/aromatic N) is 2. The number of benzene rings is 2. The molecule has 2 aromatic carbocycles.